The normalized spacial score (nSPS) is 18.9. The van der Waals surface area contributed by atoms with Crippen LogP contribution in [-0.2, 0) is 0 Å². The van der Waals surface area contributed by atoms with Crippen LogP contribution in [-0.4, -0.2) is 43.2 Å². The number of nitrogens with one attached hydrogen (secondary N) is 1. The summed E-state index contributed by atoms with van der Waals surface area (Å²) in [5.41, 5.74) is 1.42. The highest BCUT2D eigenvalue weighted by Gasteiger charge is 2.43. The van der Waals surface area contributed by atoms with E-state index in [0.29, 0.717) is 6.04 Å². The molecule has 1 aromatic rings. The molecular weight excluding hydrogens is 262 g/mol. The number of ether oxygens (including phenoxy) is 1. The van der Waals surface area contributed by atoms with E-state index in [1.165, 1.54) is 31.2 Å². The van der Waals surface area contributed by atoms with Crippen molar-refractivity contribution < 1.29 is 4.74 Å². The molecule has 21 heavy (non-hydrogen) atoms. The lowest BCUT2D eigenvalue weighted by atomic mass is 9.82. The summed E-state index contributed by atoms with van der Waals surface area (Å²) >= 11 is 0. The molecule has 4 nitrogen and oxygen atoms in total. The van der Waals surface area contributed by atoms with E-state index in [0.717, 1.165) is 18.7 Å². The van der Waals surface area contributed by atoms with Crippen molar-refractivity contribution in [3.05, 3.63) is 24.0 Å². The van der Waals surface area contributed by atoms with Gasteiger partial charge in [0.1, 0.15) is 5.75 Å². The van der Waals surface area contributed by atoms with Gasteiger partial charge < -0.3 is 15.0 Å². The fraction of sp³-hybridized carbons (Fsp3) is 0.706. The zero-order chi connectivity index (χ0) is 15.3. The number of likely N-dealkylation sites (N-methyl/N-ethyl adjacent to an activating group) is 1. The summed E-state index contributed by atoms with van der Waals surface area (Å²) < 4.78 is 5.36. The molecule has 118 valence electrons. The van der Waals surface area contributed by atoms with Gasteiger partial charge in [-0.2, -0.15) is 0 Å². The van der Waals surface area contributed by atoms with Crippen LogP contribution in [0.5, 0.6) is 5.75 Å². The van der Waals surface area contributed by atoms with Crippen molar-refractivity contribution >= 4 is 0 Å². The second-order valence-corrected chi connectivity index (χ2v) is 6.25. The van der Waals surface area contributed by atoms with E-state index in [9.17, 15) is 0 Å². The molecule has 1 fully saturated rings. The van der Waals surface area contributed by atoms with Crippen molar-refractivity contribution in [3.63, 3.8) is 0 Å². The maximum absolute atomic E-state index is 5.36. The van der Waals surface area contributed by atoms with Crippen LogP contribution in [0.4, 0.5) is 0 Å². The quantitative estimate of drug-likeness (QED) is 0.838. The highest BCUT2D eigenvalue weighted by atomic mass is 16.5. The smallest absolute Gasteiger partial charge is 0.137 e. The second-order valence-electron chi connectivity index (χ2n) is 6.25. The Morgan fingerprint density at radius 2 is 2.05 bits per heavy atom. The Labute approximate surface area is 128 Å². The van der Waals surface area contributed by atoms with Crippen molar-refractivity contribution in [2.75, 3.05) is 27.7 Å². The molecular formula is C17H29N3O. The van der Waals surface area contributed by atoms with Crippen LogP contribution < -0.4 is 10.1 Å². The van der Waals surface area contributed by atoms with E-state index >= 15 is 0 Å². The van der Waals surface area contributed by atoms with Gasteiger partial charge in [-0.15, -0.1) is 0 Å². The predicted molar refractivity (Wildman–Crippen MR) is 86.7 cm³/mol. The second kappa shape index (κ2) is 7.23. The molecule has 1 heterocycles. The minimum Gasteiger partial charge on any atom is -0.495 e. The first-order valence-corrected chi connectivity index (χ1v) is 8.04. The van der Waals surface area contributed by atoms with Crippen LogP contribution in [0.1, 0.15) is 50.6 Å². The van der Waals surface area contributed by atoms with Crippen LogP contribution in [0.15, 0.2) is 18.5 Å². The third-order valence-corrected chi connectivity index (χ3v) is 4.80. The summed E-state index contributed by atoms with van der Waals surface area (Å²) in [4.78, 5) is 6.77. The first kappa shape index (κ1) is 16.2. The summed E-state index contributed by atoms with van der Waals surface area (Å²) in [5, 5.41) is 3.76. The lowest BCUT2D eigenvalue weighted by Crippen LogP contribution is -2.52. The molecule has 0 aromatic carbocycles. The van der Waals surface area contributed by atoms with Gasteiger partial charge in [0.15, 0.2) is 0 Å². The van der Waals surface area contributed by atoms with E-state index in [1.54, 1.807) is 13.3 Å². The summed E-state index contributed by atoms with van der Waals surface area (Å²) in [6, 6.07) is 2.43. The molecule has 1 aromatic heterocycles. The van der Waals surface area contributed by atoms with Gasteiger partial charge in [0, 0.05) is 11.7 Å². The average Bonchev–Trinajstić information content (AvgIpc) is 2.99. The maximum atomic E-state index is 5.36. The fourth-order valence-electron chi connectivity index (χ4n) is 3.59. The molecule has 1 atom stereocenters. The molecule has 0 spiro atoms. The average molecular weight is 291 g/mol. The molecule has 0 radical (unpaired) electrons. The van der Waals surface area contributed by atoms with Crippen LogP contribution in [0.25, 0.3) is 0 Å². The molecule has 1 saturated carbocycles. The van der Waals surface area contributed by atoms with E-state index in [1.807, 2.05) is 6.20 Å². The number of methoxy groups -OCH3 is 1. The van der Waals surface area contributed by atoms with Crippen LogP contribution >= 0.6 is 0 Å². The Morgan fingerprint density at radius 3 is 2.62 bits per heavy atom. The minimum atomic E-state index is 0.184. The predicted octanol–water partition coefficient (Wildman–Crippen LogP) is 3.01. The van der Waals surface area contributed by atoms with Crippen LogP contribution in [0.2, 0.25) is 0 Å². The summed E-state index contributed by atoms with van der Waals surface area (Å²) in [6.07, 6.45) is 9.98. The Morgan fingerprint density at radius 1 is 1.33 bits per heavy atom. The lowest BCUT2D eigenvalue weighted by molar-refractivity contribution is 0.104. The zero-order valence-electron chi connectivity index (χ0n) is 13.9. The van der Waals surface area contributed by atoms with Gasteiger partial charge in [0.05, 0.1) is 19.3 Å². The largest absolute Gasteiger partial charge is 0.495 e. The molecule has 1 N–H and O–H groups in total. The molecule has 0 saturated heterocycles. The molecule has 0 amide bonds. The maximum Gasteiger partial charge on any atom is 0.137 e. The van der Waals surface area contributed by atoms with Gasteiger partial charge in [-0.3, -0.25) is 4.98 Å². The molecule has 2 rings (SSSR count). The third-order valence-electron chi connectivity index (χ3n) is 4.80. The third kappa shape index (κ3) is 3.38. The minimum absolute atomic E-state index is 0.184. The van der Waals surface area contributed by atoms with Gasteiger partial charge in [-0.1, -0.05) is 19.8 Å². The van der Waals surface area contributed by atoms with Crippen molar-refractivity contribution in [2.45, 2.75) is 50.6 Å². The Hall–Kier alpha value is -1.13. The van der Waals surface area contributed by atoms with Gasteiger partial charge in [-0.05, 0) is 51.5 Å². The van der Waals surface area contributed by atoms with Crippen molar-refractivity contribution in [3.8, 4) is 5.75 Å². The van der Waals surface area contributed by atoms with E-state index in [2.05, 4.69) is 42.3 Å². The van der Waals surface area contributed by atoms with E-state index < -0.39 is 0 Å². The Kier molecular flexibility index (Phi) is 5.59. The van der Waals surface area contributed by atoms with Crippen LogP contribution in [0.3, 0.4) is 0 Å². The number of rotatable bonds is 7. The first-order chi connectivity index (χ1) is 10.1. The molecule has 1 aliphatic rings. The first-order valence-electron chi connectivity index (χ1n) is 8.04. The SMILES string of the molecule is CCCNC(c1cncc(OC)c1)C1(N(C)C)CCCC1. The molecule has 1 unspecified atom stereocenters. The summed E-state index contributed by atoms with van der Waals surface area (Å²) in [5.74, 6) is 0.836. The highest BCUT2D eigenvalue weighted by molar-refractivity contribution is 5.29. The van der Waals surface area contributed by atoms with E-state index in [-0.39, 0.29) is 5.54 Å². The fourth-order valence-corrected chi connectivity index (χ4v) is 3.59. The molecule has 4 heteroatoms. The molecule has 1 aliphatic carbocycles. The summed E-state index contributed by atoms with van der Waals surface area (Å²) in [7, 11) is 6.12. The number of aromatic nitrogens is 1. The van der Waals surface area contributed by atoms with Crippen molar-refractivity contribution in [1.82, 2.24) is 15.2 Å². The highest BCUT2D eigenvalue weighted by Crippen LogP contribution is 2.43. The van der Waals surface area contributed by atoms with Gasteiger partial charge in [-0.25, -0.2) is 0 Å². The van der Waals surface area contributed by atoms with Crippen LogP contribution in [0, 0.1) is 0 Å². The van der Waals surface area contributed by atoms with Gasteiger partial charge in [0.2, 0.25) is 0 Å². The van der Waals surface area contributed by atoms with Crippen molar-refractivity contribution in [2.24, 2.45) is 0 Å². The lowest BCUT2D eigenvalue weighted by Gasteiger charge is -2.44. The Balaban J connectivity index is 2.36. The van der Waals surface area contributed by atoms with E-state index in [4.69, 9.17) is 4.74 Å². The number of hydrogen-bond donors (Lipinski definition) is 1. The zero-order valence-corrected chi connectivity index (χ0v) is 13.9. The van der Waals surface area contributed by atoms with Crippen molar-refractivity contribution in [1.29, 1.82) is 0 Å². The standard InChI is InChI=1S/C17H29N3O/c1-5-10-19-16(14-11-15(21-4)13-18-12-14)17(20(2)3)8-6-7-9-17/h11-13,16,19H,5-10H2,1-4H3. The topological polar surface area (TPSA) is 37.4 Å². The summed E-state index contributed by atoms with van der Waals surface area (Å²) in [6.45, 7) is 3.24. The molecule has 0 bridgehead atoms. The monoisotopic (exact) mass is 291 g/mol. The number of nitrogens with zero attached hydrogens (tertiary/aromatic N) is 2. The Bertz CT molecular complexity index is 441. The molecule has 0 aliphatic heterocycles. The number of hydrogen-bond acceptors (Lipinski definition) is 4. The van der Waals surface area contributed by atoms with Gasteiger partial charge >= 0.3 is 0 Å². The van der Waals surface area contributed by atoms with Gasteiger partial charge in [0.25, 0.3) is 0 Å². The number of pyridine rings is 1.